The number of aromatic nitrogens is 6. The summed E-state index contributed by atoms with van der Waals surface area (Å²) in [7, 11) is 0. The summed E-state index contributed by atoms with van der Waals surface area (Å²) < 4.78 is 34.4. The van der Waals surface area contributed by atoms with Gasteiger partial charge in [-0.05, 0) is 57.7 Å². The number of hydrogen-bond acceptors (Lipinski definition) is 6. The van der Waals surface area contributed by atoms with E-state index in [0.717, 1.165) is 29.6 Å². The first-order valence-electron chi connectivity index (χ1n) is 11.6. The highest BCUT2D eigenvalue weighted by molar-refractivity contribution is 5.87. The standard InChI is InChI=1S/C25H24F2N6O/c1-12-13(2)29-25-23(28-12)22(17-6-5-16(26)10-18(17)27)30-24(31-25)15-7-8-34-21(9-15)20-11-19(32-33-20)14-3-4-14/h5-6,10-11,14-15,21H,3-4,7-9H2,1-2H3,(H,32,33)/t15-,21-/m0/s1. The molecule has 2 aliphatic rings. The summed E-state index contributed by atoms with van der Waals surface area (Å²) in [6.45, 7) is 4.25. The Hall–Kier alpha value is -3.33. The van der Waals surface area contributed by atoms with Crippen LogP contribution in [-0.2, 0) is 4.74 Å². The van der Waals surface area contributed by atoms with Crippen LogP contribution in [0.1, 0.15) is 72.2 Å². The Morgan fingerprint density at radius 2 is 1.76 bits per heavy atom. The molecular formula is C25H24F2N6O. The molecule has 6 rings (SSSR count). The van der Waals surface area contributed by atoms with Crippen LogP contribution in [0, 0.1) is 25.5 Å². The van der Waals surface area contributed by atoms with Gasteiger partial charge in [0.25, 0.3) is 0 Å². The molecule has 0 spiro atoms. The average Bonchev–Trinajstić information content (AvgIpc) is 3.56. The van der Waals surface area contributed by atoms with Crippen LogP contribution in [0.15, 0.2) is 24.3 Å². The van der Waals surface area contributed by atoms with Gasteiger partial charge in [-0.3, -0.25) is 5.10 Å². The molecule has 174 valence electrons. The minimum atomic E-state index is -0.694. The van der Waals surface area contributed by atoms with Crippen molar-refractivity contribution in [3.8, 4) is 11.3 Å². The van der Waals surface area contributed by atoms with Crippen molar-refractivity contribution in [3.05, 3.63) is 64.5 Å². The molecule has 9 heteroatoms. The number of hydrogen-bond donors (Lipinski definition) is 1. The van der Waals surface area contributed by atoms with E-state index < -0.39 is 11.6 Å². The molecule has 0 bridgehead atoms. The number of fused-ring (bicyclic) bond motifs is 1. The second-order valence-electron chi connectivity index (χ2n) is 9.22. The molecule has 34 heavy (non-hydrogen) atoms. The van der Waals surface area contributed by atoms with Crippen LogP contribution in [0.4, 0.5) is 8.78 Å². The fourth-order valence-electron chi connectivity index (χ4n) is 4.54. The summed E-state index contributed by atoms with van der Waals surface area (Å²) in [5, 5.41) is 7.59. The number of aryl methyl sites for hydroxylation is 2. The summed E-state index contributed by atoms with van der Waals surface area (Å²) in [4.78, 5) is 18.7. The van der Waals surface area contributed by atoms with Crippen LogP contribution in [0.3, 0.4) is 0 Å². The van der Waals surface area contributed by atoms with E-state index in [9.17, 15) is 8.78 Å². The lowest BCUT2D eigenvalue weighted by molar-refractivity contribution is 0.00146. The van der Waals surface area contributed by atoms with Gasteiger partial charge in [0.15, 0.2) is 5.65 Å². The van der Waals surface area contributed by atoms with E-state index in [0.29, 0.717) is 47.3 Å². The average molecular weight is 463 g/mol. The Morgan fingerprint density at radius 1 is 0.941 bits per heavy atom. The van der Waals surface area contributed by atoms with Gasteiger partial charge in [0.2, 0.25) is 0 Å². The van der Waals surface area contributed by atoms with Gasteiger partial charge in [-0.25, -0.2) is 28.7 Å². The molecule has 2 fully saturated rings. The van der Waals surface area contributed by atoms with E-state index in [1.807, 2.05) is 13.8 Å². The summed E-state index contributed by atoms with van der Waals surface area (Å²) in [6.07, 6.45) is 3.63. The molecule has 1 saturated carbocycles. The summed E-state index contributed by atoms with van der Waals surface area (Å²) >= 11 is 0. The zero-order valence-electron chi connectivity index (χ0n) is 19.0. The quantitative estimate of drug-likeness (QED) is 0.447. The Balaban J connectivity index is 1.41. The highest BCUT2D eigenvalue weighted by atomic mass is 19.1. The fraction of sp³-hybridized carbons (Fsp3) is 0.400. The Labute approximate surface area is 195 Å². The maximum absolute atomic E-state index is 14.8. The van der Waals surface area contributed by atoms with Gasteiger partial charge in [0.05, 0.1) is 28.9 Å². The Bertz CT molecular complexity index is 1400. The molecule has 4 aromatic rings. The lowest BCUT2D eigenvalue weighted by Gasteiger charge is -2.28. The Morgan fingerprint density at radius 3 is 2.56 bits per heavy atom. The predicted molar refractivity (Wildman–Crippen MR) is 121 cm³/mol. The molecular weight excluding hydrogens is 438 g/mol. The first-order chi connectivity index (χ1) is 16.5. The van der Waals surface area contributed by atoms with E-state index in [1.54, 1.807) is 0 Å². The molecule has 1 aliphatic carbocycles. The van der Waals surface area contributed by atoms with Gasteiger partial charge in [0, 0.05) is 30.1 Å². The number of aromatic amines is 1. The van der Waals surface area contributed by atoms with Crippen molar-refractivity contribution in [1.82, 2.24) is 30.1 Å². The molecule has 1 aromatic carbocycles. The fourth-order valence-corrected chi connectivity index (χ4v) is 4.54. The molecule has 7 nitrogen and oxygen atoms in total. The van der Waals surface area contributed by atoms with Crippen molar-refractivity contribution >= 4 is 11.2 Å². The zero-order chi connectivity index (χ0) is 23.4. The van der Waals surface area contributed by atoms with E-state index in [4.69, 9.17) is 14.7 Å². The highest BCUT2D eigenvalue weighted by Crippen LogP contribution is 2.42. The van der Waals surface area contributed by atoms with E-state index in [-0.39, 0.29) is 17.6 Å². The van der Waals surface area contributed by atoms with Crippen molar-refractivity contribution in [2.75, 3.05) is 6.61 Å². The third kappa shape index (κ3) is 3.83. The lowest BCUT2D eigenvalue weighted by atomic mass is 9.92. The van der Waals surface area contributed by atoms with Crippen molar-refractivity contribution in [2.24, 2.45) is 0 Å². The summed E-state index contributed by atoms with van der Waals surface area (Å²) in [5.74, 6) is -0.219. The van der Waals surface area contributed by atoms with Crippen molar-refractivity contribution in [3.63, 3.8) is 0 Å². The van der Waals surface area contributed by atoms with Crippen LogP contribution >= 0.6 is 0 Å². The number of ether oxygens (including phenoxy) is 1. The van der Waals surface area contributed by atoms with Crippen LogP contribution in [0.25, 0.3) is 22.4 Å². The van der Waals surface area contributed by atoms with Crippen LogP contribution in [-0.4, -0.2) is 36.7 Å². The largest absolute Gasteiger partial charge is 0.372 e. The minimum absolute atomic E-state index is 0.0125. The van der Waals surface area contributed by atoms with Gasteiger partial charge in [0.1, 0.15) is 28.7 Å². The van der Waals surface area contributed by atoms with Crippen LogP contribution in [0.5, 0.6) is 0 Å². The number of halogens is 2. The maximum Gasteiger partial charge on any atom is 0.182 e. The number of benzene rings is 1. The van der Waals surface area contributed by atoms with E-state index in [2.05, 4.69) is 26.2 Å². The molecule has 3 aromatic heterocycles. The molecule has 2 atom stereocenters. The smallest absolute Gasteiger partial charge is 0.182 e. The SMILES string of the molecule is Cc1nc2nc([C@H]3CCO[C@H](c4cc(C5CC5)n[nH]4)C3)nc(-c3ccc(F)cc3F)c2nc1C. The number of H-pyrrole nitrogens is 1. The van der Waals surface area contributed by atoms with Gasteiger partial charge in [-0.1, -0.05) is 0 Å². The molecule has 0 radical (unpaired) electrons. The second-order valence-corrected chi connectivity index (χ2v) is 9.22. The predicted octanol–water partition coefficient (Wildman–Crippen LogP) is 5.22. The van der Waals surface area contributed by atoms with Crippen LogP contribution in [0.2, 0.25) is 0 Å². The Kier molecular flexibility index (Phi) is 5.09. The van der Waals surface area contributed by atoms with E-state index >= 15 is 0 Å². The molecule has 1 saturated heterocycles. The number of rotatable bonds is 4. The topological polar surface area (TPSA) is 89.5 Å². The van der Waals surface area contributed by atoms with E-state index in [1.165, 1.54) is 25.0 Å². The molecule has 1 aliphatic heterocycles. The first-order valence-corrected chi connectivity index (χ1v) is 11.6. The normalized spacial score (nSPS) is 20.7. The number of nitrogens with zero attached hydrogens (tertiary/aromatic N) is 5. The number of nitrogens with one attached hydrogen (secondary N) is 1. The highest BCUT2D eigenvalue weighted by Gasteiger charge is 2.32. The first kappa shape index (κ1) is 21.2. The molecule has 0 unspecified atom stereocenters. The third-order valence-corrected chi connectivity index (χ3v) is 6.75. The summed E-state index contributed by atoms with van der Waals surface area (Å²) in [6, 6.07) is 5.57. The minimum Gasteiger partial charge on any atom is -0.372 e. The maximum atomic E-state index is 14.8. The second kappa shape index (κ2) is 8.16. The summed E-state index contributed by atoms with van der Waals surface area (Å²) in [5.41, 5.74) is 4.84. The third-order valence-electron chi connectivity index (χ3n) is 6.75. The lowest BCUT2D eigenvalue weighted by Crippen LogP contribution is -2.21. The molecule has 0 amide bonds. The van der Waals surface area contributed by atoms with Crippen LogP contribution < -0.4 is 0 Å². The van der Waals surface area contributed by atoms with Crippen molar-refractivity contribution < 1.29 is 13.5 Å². The van der Waals surface area contributed by atoms with Gasteiger partial charge in [-0.15, -0.1) is 0 Å². The van der Waals surface area contributed by atoms with Crippen molar-refractivity contribution in [2.45, 2.75) is 57.5 Å². The van der Waals surface area contributed by atoms with Gasteiger partial charge in [-0.2, -0.15) is 5.10 Å². The van der Waals surface area contributed by atoms with Gasteiger partial charge < -0.3 is 4.74 Å². The molecule has 1 N–H and O–H groups in total. The molecule has 4 heterocycles. The zero-order valence-corrected chi connectivity index (χ0v) is 19.0. The van der Waals surface area contributed by atoms with Gasteiger partial charge >= 0.3 is 0 Å². The van der Waals surface area contributed by atoms with Crippen molar-refractivity contribution in [1.29, 1.82) is 0 Å². The monoisotopic (exact) mass is 462 g/mol.